The van der Waals surface area contributed by atoms with Crippen LogP contribution in [0.25, 0.3) is 10.9 Å². The van der Waals surface area contributed by atoms with E-state index in [-0.39, 0.29) is 58.8 Å². The average Bonchev–Trinajstić information content (AvgIpc) is 2.33. The van der Waals surface area contributed by atoms with Gasteiger partial charge in [-0.2, -0.15) is 0 Å². The molecule has 1 aromatic heterocycles. The van der Waals surface area contributed by atoms with Gasteiger partial charge >= 0.3 is 51.4 Å². The van der Waals surface area contributed by atoms with E-state index in [1.807, 2.05) is 24.3 Å². The molecule has 3 heteroatoms. The van der Waals surface area contributed by atoms with E-state index in [1.54, 1.807) is 6.20 Å². The molecule has 0 atom stereocenters. The summed E-state index contributed by atoms with van der Waals surface area (Å²) >= 11 is 0. The molecule has 0 aliphatic rings. The fraction of sp³-hybridized carbons (Fsp3) is 0. The topological polar surface area (TPSA) is 27.0 Å². The average molecular weight is 171 g/mol. The minimum Gasteiger partial charge on any atom is -0.575 e. The van der Waals surface area contributed by atoms with Crippen LogP contribution in [0, 0.1) is 7.43 Å². The van der Waals surface area contributed by atoms with E-state index < -0.39 is 0 Å². The normalized spacial score (nSPS) is 8.36. The van der Waals surface area contributed by atoms with Gasteiger partial charge in [0.05, 0.1) is 0 Å². The molecule has 0 aliphatic heterocycles. The molecule has 0 amide bonds. The number of fused-ring (bicyclic) bond motifs is 1. The molecule has 0 bridgehead atoms. The van der Waals surface area contributed by atoms with E-state index in [1.165, 1.54) is 0 Å². The van der Waals surface area contributed by atoms with E-state index in [4.69, 9.17) is 0 Å². The number of nitrogens with zero attached hydrogens (tertiary/aromatic N) is 2. The van der Waals surface area contributed by atoms with Crippen molar-refractivity contribution in [2.75, 3.05) is 0 Å². The Morgan fingerprint density at radius 2 is 1.91 bits per heavy atom. The third kappa shape index (κ3) is 2.38. The Bertz CT molecular complexity index is 286. The fourth-order valence-corrected chi connectivity index (χ4v) is 0.841. The maximum absolute atomic E-state index is 3.87. The van der Waals surface area contributed by atoms with Gasteiger partial charge in [-0.05, 0) is 5.39 Å². The Morgan fingerprint density at radius 1 is 1.18 bits per heavy atom. The van der Waals surface area contributed by atoms with Crippen molar-refractivity contribution in [3.63, 3.8) is 0 Å². The predicted octanol–water partition coefficient (Wildman–Crippen LogP) is -1.35. The SMILES string of the molecule is [CH3-].[K+].c1ccc2[n-]ncc2c1. The van der Waals surface area contributed by atoms with Crippen LogP contribution in [0.1, 0.15) is 0 Å². The zero-order valence-corrected chi connectivity index (χ0v) is 9.90. The van der Waals surface area contributed by atoms with Gasteiger partial charge in [-0.25, -0.2) is 0 Å². The maximum Gasteiger partial charge on any atom is 1.00 e. The largest absolute Gasteiger partial charge is 1.00 e. The zero-order valence-electron chi connectivity index (χ0n) is 6.78. The van der Waals surface area contributed by atoms with Gasteiger partial charge in [-0.3, -0.25) is 0 Å². The van der Waals surface area contributed by atoms with E-state index >= 15 is 0 Å². The minimum atomic E-state index is 0. The van der Waals surface area contributed by atoms with Crippen molar-refractivity contribution in [3.05, 3.63) is 37.9 Å². The summed E-state index contributed by atoms with van der Waals surface area (Å²) < 4.78 is 0. The summed E-state index contributed by atoms with van der Waals surface area (Å²) in [6.07, 6.45) is 1.76. The van der Waals surface area contributed by atoms with Gasteiger partial charge in [-0.15, -0.1) is 5.52 Å². The first-order valence-electron chi connectivity index (χ1n) is 2.80. The Kier molecular flexibility index (Phi) is 5.21. The van der Waals surface area contributed by atoms with Gasteiger partial charge in [0, 0.05) is 6.20 Å². The third-order valence-electron chi connectivity index (χ3n) is 1.30. The van der Waals surface area contributed by atoms with Crippen molar-refractivity contribution in [2.24, 2.45) is 0 Å². The summed E-state index contributed by atoms with van der Waals surface area (Å²) in [6.45, 7) is 0. The Balaban J connectivity index is 0.000000500. The summed E-state index contributed by atoms with van der Waals surface area (Å²) in [6, 6.07) is 7.88. The number of aromatic nitrogens is 2. The molecule has 2 aromatic rings. The Labute approximate surface area is 109 Å². The molecule has 1 heterocycles. The van der Waals surface area contributed by atoms with Crippen molar-refractivity contribution in [1.29, 1.82) is 0 Å². The zero-order chi connectivity index (χ0) is 6.10. The maximum atomic E-state index is 3.87. The molecule has 0 unspecified atom stereocenters. The van der Waals surface area contributed by atoms with Crippen LogP contribution in [0.4, 0.5) is 0 Å². The summed E-state index contributed by atoms with van der Waals surface area (Å²) in [5.74, 6) is 0. The monoisotopic (exact) mass is 171 g/mol. The number of hydrogen-bond donors (Lipinski definition) is 0. The molecule has 52 valence electrons. The van der Waals surface area contributed by atoms with Crippen LogP contribution in [0.15, 0.2) is 30.5 Å². The van der Waals surface area contributed by atoms with Gasteiger partial charge < -0.3 is 17.6 Å². The third-order valence-corrected chi connectivity index (χ3v) is 1.30. The molecule has 0 saturated carbocycles. The Hall–Kier alpha value is 0.326. The molecule has 2 nitrogen and oxygen atoms in total. The first-order chi connectivity index (χ1) is 4.47. The minimum absolute atomic E-state index is 0. The van der Waals surface area contributed by atoms with E-state index in [0.717, 1.165) is 10.9 Å². The van der Waals surface area contributed by atoms with Crippen molar-refractivity contribution in [3.8, 4) is 0 Å². The molecule has 0 radical (unpaired) electrons. The van der Waals surface area contributed by atoms with Gasteiger partial charge in [0.15, 0.2) is 0 Å². The summed E-state index contributed by atoms with van der Waals surface area (Å²) in [5.41, 5.74) is 0.970. The quantitative estimate of drug-likeness (QED) is 0.362. The predicted molar refractivity (Wildman–Crippen MR) is 41.5 cm³/mol. The van der Waals surface area contributed by atoms with Crippen LogP contribution in [0.2, 0.25) is 0 Å². The van der Waals surface area contributed by atoms with E-state index in [0.29, 0.717) is 0 Å². The second-order valence-corrected chi connectivity index (χ2v) is 1.90. The molecule has 0 fully saturated rings. The van der Waals surface area contributed by atoms with E-state index in [2.05, 4.69) is 10.2 Å². The van der Waals surface area contributed by atoms with Crippen molar-refractivity contribution >= 4 is 10.9 Å². The second kappa shape index (κ2) is 5.06. The standard InChI is InChI=1S/C7H5N2.CH3.K/c1-2-4-7-6(3-1)5-8-9-7;;/h1-5H;1H3;/q2*-1;+1. The summed E-state index contributed by atoms with van der Waals surface area (Å²) in [5, 5.41) is 8.73. The van der Waals surface area contributed by atoms with Crippen LogP contribution in [-0.4, -0.2) is 5.10 Å². The molecule has 11 heavy (non-hydrogen) atoms. The van der Waals surface area contributed by atoms with Crippen molar-refractivity contribution < 1.29 is 51.4 Å². The number of hydrogen-bond acceptors (Lipinski definition) is 1. The van der Waals surface area contributed by atoms with Crippen molar-refractivity contribution in [2.45, 2.75) is 0 Å². The van der Waals surface area contributed by atoms with Crippen LogP contribution in [0.3, 0.4) is 0 Å². The summed E-state index contributed by atoms with van der Waals surface area (Å²) in [7, 11) is 0. The molecule has 0 aliphatic carbocycles. The smallest absolute Gasteiger partial charge is 0.575 e. The fourth-order valence-electron chi connectivity index (χ4n) is 0.841. The van der Waals surface area contributed by atoms with Crippen molar-refractivity contribution in [1.82, 2.24) is 10.2 Å². The molecule has 1 aromatic carbocycles. The van der Waals surface area contributed by atoms with E-state index in [9.17, 15) is 0 Å². The first-order valence-corrected chi connectivity index (χ1v) is 2.80. The van der Waals surface area contributed by atoms with Crippen LogP contribution in [-0.2, 0) is 0 Å². The van der Waals surface area contributed by atoms with Gasteiger partial charge in [0.1, 0.15) is 0 Å². The van der Waals surface area contributed by atoms with Gasteiger partial charge in [-0.1, -0.05) is 24.3 Å². The summed E-state index contributed by atoms with van der Waals surface area (Å²) in [4.78, 5) is 0. The molecular weight excluding hydrogens is 163 g/mol. The van der Waals surface area contributed by atoms with Gasteiger partial charge in [0.2, 0.25) is 0 Å². The molecule has 0 spiro atoms. The molecule has 2 rings (SSSR count). The Morgan fingerprint density at radius 3 is 2.64 bits per heavy atom. The second-order valence-electron chi connectivity index (χ2n) is 1.90. The van der Waals surface area contributed by atoms with Crippen LogP contribution in [0.5, 0.6) is 0 Å². The first kappa shape index (κ1) is 11.3. The molecule has 0 N–H and O–H groups in total. The number of rotatable bonds is 0. The number of benzene rings is 1. The van der Waals surface area contributed by atoms with Crippen LogP contribution >= 0.6 is 0 Å². The van der Waals surface area contributed by atoms with Crippen LogP contribution < -0.4 is 56.5 Å². The molecule has 0 saturated heterocycles. The molecular formula is C8H8KN2-. The van der Waals surface area contributed by atoms with Gasteiger partial charge in [0.25, 0.3) is 0 Å².